The second-order valence-electron chi connectivity index (χ2n) is 10.2. The Morgan fingerprint density at radius 2 is 1.86 bits per heavy atom. The number of carbonyl (C=O) groups excluding carboxylic acids is 1. The SMILES string of the molecule is Cc1nc(-c2nccs2)sc1C(=O)N1C[C@@H]2[C@H](C1)[C@@H]2Oc1cc(C(C)(C)N)cc(-c2ccc(F)cc2)n1. The Balaban J connectivity index is 1.16. The van der Waals surface area contributed by atoms with Crippen molar-refractivity contribution < 1.29 is 13.9 Å². The summed E-state index contributed by atoms with van der Waals surface area (Å²) in [7, 11) is 0. The van der Waals surface area contributed by atoms with Crippen LogP contribution in [0.2, 0.25) is 0 Å². The number of nitrogens with two attached hydrogens (primary N) is 1. The van der Waals surface area contributed by atoms with Crippen molar-refractivity contribution in [3.8, 4) is 27.2 Å². The number of carbonyl (C=O) groups is 1. The highest BCUT2D eigenvalue weighted by Crippen LogP contribution is 2.48. The van der Waals surface area contributed by atoms with E-state index >= 15 is 0 Å². The third kappa shape index (κ3) is 4.65. The molecule has 3 aromatic heterocycles. The fourth-order valence-corrected chi connectivity index (χ4v) is 6.53. The molecule has 1 aliphatic carbocycles. The number of ether oxygens (including phenoxy) is 1. The van der Waals surface area contributed by atoms with E-state index in [0.717, 1.165) is 26.8 Å². The summed E-state index contributed by atoms with van der Waals surface area (Å²) < 4.78 is 19.8. The summed E-state index contributed by atoms with van der Waals surface area (Å²) in [6.45, 7) is 7.02. The van der Waals surface area contributed by atoms with Crippen molar-refractivity contribution in [2.75, 3.05) is 13.1 Å². The number of likely N-dealkylation sites (tertiary alicyclic amines) is 1. The third-order valence-corrected chi connectivity index (χ3v) is 9.01. The third-order valence-electron chi connectivity index (χ3n) is 6.95. The number of rotatable bonds is 6. The fourth-order valence-electron chi connectivity index (χ4n) is 4.82. The van der Waals surface area contributed by atoms with Gasteiger partial charge in [0.1, 0.15) is 16.8 Å². The molecule has 1 aliphatic heterocycles. The van der Waals surface area contributed by atoms with Crippen LogP contribution in [0.4, 0.5) is 4.39 Å². The molecule has 190 valence electrons. The fraction of sp³-hybridized carbons (Fsp3) is 0.333. The summed E-state index contributed by atoms with van der Waals surface area (Å²) in [5.41, 5.74) is 8.90. The van der Waals surface area contributed by atoms with Crippen LogP contribution in [0.3, 0.4) is 0 Å². The summed E-state index contributed by atoms with van der Waals surface area (Å²) >= 11 is 2.92. The Bertz CT molecular complexity index is 1450. The Hall–Kier alpha value is -3.21. The minimum Gasteiger partial charge on any atom is -0.474 e. The molecule has 37 heavy (non-hydrogen) atoms. The molecule has 3 atom stereocenters. The van der Waals surface area contributed by atoms with Crippen LogP contribution < -0.4 is 10.5 Å². The molecule has 1 saturated carbocycles. The first-order valence-electron chi connectivity index (χ1n) is 12.1. The van der Waals surface area contributed by atoms with Crippen molar-refractivity contribution in [2.45, 2.75) is 32.4 Å². The summed E-state index contributed by atoms with van der Waals surface area (Å²) in [6.07, 6.45) is 1.75. The lowest BCUT2D eigenvalue weighted by atomic mass is 9.95. The molecular formula is C27H26FN5O2S2. The smallest absolute Gasteiger partial charge is 0.265 e. The zero-order valence-corrected chi connectivity index (χ0v) is 22.3. The van der Waals surface area contributed by atoms with Gasteiger partial charge in [-0.1, -0.05) is 0 Å². The number of aryl methyl sites for hydroxylation is 1. The molecule has 2 aliphatic rings. The first-order chi connectivity index (χ1) is 17.7. The van der Waals surface area contributed by atoms with E-state index in [-0.39, 0.29) is 29.7 Å². The number of pyridine rings is 1. The Labute approximate surface area is 222 Å². The highest BCUT2D eigenvalue weighted by atomic mass is 32.1. The second-order valence-corrected chi connectivity index (χ2v) is 12.1. The Kier molecular flexibility index (Phi) is 5.85. The summed E-state index contributed by atoms with van der Waals surface area (Å²) in [5.74, 6) is 0.752. The van der Waals surface area contributed by atoms with Gasteiger partial charge in [0.2, 0.25) is 5.88 Å². The first kappa shape index (κ1) is 24.1. The predicted octanol–water partition coefficient (Wildman–Crippen LogP) is 5.12. The second kappa shape index (κ2) is 8.97. The molecule has 7 nitrogen and oxygen atoms in total. The normalized spacial score (nSPS) is 20.7. The highest BCUT2D eigenvalue weighted by Gasteiger charge is 2.59. The number of aromatic nitrogens is 3. The Morgan fingerprint density at radius 3 is 2.51 bits per heavy atom. The van der Waals surface area contributed by atoms with Crippen molar-refractivity contribution in [3.63, 3.8) is 0 Å². The van der Waals surface area contributed by atoms with Gasteiger partial charge in [-0.2, -0.15) is 0 Å². The number of hydrogen-bond acceptors (Lipinski definition) is 8. The number of amides is 1. The van der Waals surface area contributed by atoms with E-state index in [4.69, 9.17) is 15.5 Å². The number of nitrogens with zero attached hydrogens (tertiary/aromatic N) is 4. The highest BCUT2D eigenvalue weighted by molar-refractivity contribution is 7.21. The minimum atomic E-state index is -0.595. The van der Waals surface area contributed by atoms with Gasteiger partial charge in [-0.15, -0.1) is 22.7 Å². The van der Waals surface area contributed by atoms with Crippen molar-refractivity contribution in [3.05, 3.63) is 69.9 Å². The van der Waals surface area contributed by atoms with Crippen molar-refractivity contribution in [1.29, 1.82) is 0 Å². The standard InChI is InChI=1S/C27H26FN5O2S2/c1-14-23(37-25(31-14)24-30-8-9-36-24)26(34)33-12-18-19(13-33)22(18)35-21-11-16(27(2,3)29)10-20(32-21)15-4-6-17(28)7-5-15/h4-11,18-19,22H,12-13,29H2,1-3H3/t18-,19+,22-. The largest absolute Gasteiger partial charge is 0.474 e. The van der Waals surface area contributed by atoms with E-state index in [2.05, 4.69) is 9.97 Å². The molecule has 1 aromatic carbocycles. The van der Waals surface area contributed by atoms with Gasteiger partial charge in [0, 0.05) is 53.7 Å². The lowest BCUT2D eigenvalue weighted by molar-refractivity contribution is 0.0755. The molecule has 2 N–H and O–H groups in total. The summed E-state index contributed by atoms with van der Waals surface area (Å²) in [5, 5.41) is 3.52. The van der Waals surface area contributed by atoms with Crippen LogP contribution in [0.5, 0.6) is 5.88 Å². The number of piperidine rings is 1. The molecule has 0 spiro atoms. The molecular weight excluding hydrogens is 509 g/mol. The van der Waals surface area contributed by atoms with Crippen LogP contribution in [-0.4, -0.2) is 45.0 Å². The van der Waals surface area contributed by atoms with Gasteiger partial charge in [-0.05, 0) is 56.7 Å². The number of thiazole rings is 2. The zero-order chi connectivity index (χ0) is 25.9. The van der Waals surface area contributed by atoms with E-state index in [1.54, 1.807) is 18.3 Å². The lowest BCUT2D eigenvalue weighted by Gasteiger charge is -2.22. The van der Waals surface area contributed by atoms with E-state index < -0.39 is 5.54 Å². The van der Waals surface area contributed by atoms with Crippen molar-refractivity contribution >= 4 is 28.6 Å². The molecule has 6 rings (SSSR count). The maximum atomic E-state index is 13.4. The molecule has 2 fully saturated rings. The van der Waals surface area contributed by atoms with Crippen LogP contribution in [0, 0.1) is 24.6 Å². The maximum Gasteiger partial charge on any atom is 0.265 e. The number of halogens is 1. The molecule has 1 saturated heterocycles. The quantitative estimate of drug-likeness (QED) is 0.368. The van der Waals surface area contributed by atoms with Crippen molar-refractivity contribution in [2.24, 2.45) is 17.6 Å². The molecule has 4 heterocycles. The molecule has 10 heteroatoms. The van der Waals surface area contributed by atoms with Crippen LogP contribution >= 0.6 is 22.7 Å². The van der Waals surface area contributed by atoms with Gasteiger partial charge in [0.15, 0.2) is 10.0 Å². The van der Waals surface area contributed by atoms with Gasteiger partial charge >= 0.3 is 0 Å². The van der Waals surface area contributed by atoms with E-state index in [1.807, 2.05) is 43.2 Å². The average Bonchev–Trinajstić information content (AvgIpc) is 3.36. The van der Waals surface area contributed by atoms with E-state index in [0.29, 0.717) is 29.5 Å². The lowest BCUT2D eigenvalue weighted by Crippen LogP contribution is -2.33. The minimum absolute atomic E-state index is 0.00203. The molecule has 0 bridgehead atoms. The van der Waals surface area contributed by atoms with Crippen molar-refractivity contribution in [1.82, 2.24) is 19.9 Å². The van der Waals surface area contributed by atoms with Gasteiger partial charge in [0.05, 0.1) is 11.4 Å². The average molecular weight is 536 g/mol. The maximum absolute atomic E-state index is 13.4. The predicted molar refractivity (Wildman–Crippen MR) is 142 cm³/mol. The molecule has 0 radical (unpaired) electrons. The number of benzene rings is 1. The van der Waals surface area contributed by atoms with E-state index in [9.17, 15) is 9.18 Å². The Morgan fingerprint density at radius 1 is 1.14 bits per heavy atom. The summed E-state index contributed by atoms with van der Waals surface area (Å²) in [6, 6.07) is 10.0. The van der Waals surface area contributed by atoms with Gasteiger partial charge in [0.25, 0.3) is 5.91 Å². The van der Waals surface area contributed by atoms with Gasteiger partial charge in [-0.25, -0.2) is 19.3 Å². The number of hydrogen-bond donors (Lipinski definition) is 1. The van der Waals surface area contributed by atoms with Gasteiger partial charge in [-0.3, -0.25) is 4.79 Å². The topological polar surface area (TPSA) is 94.2 Å². The van der Waals surface area contributed by atoms with Crippen LogP contribution in [0.15, 0.2) is 48.0 Å². The zero-order valence-electron chi connectivity index (χ0n) is 20.6. The van der Waals surface area contributed by atoms with E-state index in [1.165, 1.54) is 34.8 Å². The molecule has 4 aromatic rings. The summed E-state index contributed by atoms with van der Waals surface area (Å²) in [4.78, 5) is 29.4. The van der Waals surface area contributed by atoms with Crippen LogP contribution in [0.1, 0.15) is 34.8 Å². The monoisotopic (exact) mass is 535 g/mol. The van der Waals surface area contributed by atoms with Crippen LogP contribution in [0.25, 0.3) is 21.3 Å². The van der Waals surface area contributed by atoms with Gasteiger partial charge < -0.3 is 15.4 Å². The first-order valence-corrected chi connectivity index (χ1v) is 13.8. The molecule has 1 amide bonds. The number of fused-ring (bicyclic) bond motifs is 1. The molecule has 0 unspecified atom stereocenters. The van der Waals surface area contributed by atoms with Crippen LogP contribution in [-0.2, 0) is 5.54 Å².